The molecule has 0 atom stereocenters. The van der Waals surface area contributed by atoms with Gasteiger partial charge in [-0.05, 0) is 32.0 Å². The monoisotopic (exact) mass is 273 g/mol. The average Bonchev–Trinajstić information content (AvgIpc) is 2.97. The summed E-state index contributed by atoms with van der Waals surface area (Å²) in [6.45, 7) is 4.13. The zero-order chi connectivity index (χ0) is 14.6. The molecule has 0 aliphatic heterocycles. The van der Waals surface area contributed by atoms with Gasteiger partial charge in [-0.2, -0.15) is 0 Å². The molecule has 2 aromatic rings. The molecule has 106 valence electrons. The second kappa shape index (κ2) is 5.82. The topological polar surface area (TPSA) is 51.5 Å². The van der Waals surface area contributed by atoms with Gasteiger partial charge in [0.1, 0.15) is 11.5 Å². The zero-order valence-corrected chi connectivity index (χ0v) is 12.0. The van der Waals surface area contributed by atoms with Crippen LogP contribution >= 0.6 is 0 Å². The molecule has 1 amide bonds. The Kier molecular flexibility index (Phi) is 4.13. The number of benzene rings is 1. The summed E-state index contributed by atoms with van der Waals surface area (Å²) in [7, 11) is 1.61. The fourth-order valence-corrected chi connectivity index (χ4v) is 2.08. The standard InChI is InChI=1S/C16H19NO3/c1-16(2,13-8-4-5-9-14(13)19-3)15(18)17-11-12-7-6-10-20-12/h4-10H,11H2,1-3H3,(H,17,18). The van der Waals surface area contributed by atoms with Crippen LogP contribution in [-0.2, 0) is 16.8 Å². The molecule has 0 radical (unpaired) electrons. The van der Waals surface area contributed by atoms with Crippen LogP contribution in [0.1, 0.15) is 25.2 Å². The Morgan fingerprint density at radius 1 is 1.25 bits per heavy atom. The van der Waals surface area contributed by atoms with E-state index in [1.165, 1.54) is 0 Å². The van der Waals surface area contributed by atoms with Crippen molar-refractivity contribution in [3.63, 3.8) is 0 Å². The first-order chi connectivity index (χ1) is 9.55. The summed E-state index contributed by atoms with van der Waals surface area (Å²) in [6.07, 6.45) is 1.59. The Labute approximate surface area is 118 Å². The van der Waals surface area contributed by atoms with Crippen LogP contribution in [0.5, 0.6) is 5.75 Å². The van der Waals surface area contributed by atoms with Gasteiger partial charge in [0.2, 0.25) is 5.91 Å². The van der Waals surface area contributed by atoms with Gasteiger partial charge in [0.15, 0.2) is 0 Å². The van der Waals surface area contributed by atoms with Crippen LogP contribution in [0.2, 0.25) is 0 Å². The zero-order valence-electron chi connectivity index (χ0n) is 12.0. The number of furan rings is 1. The van der Waals surface area contributed by atoms with Crippen molar-refractivity contribution in [3.8, 4) is 5.75 Å². The van der Waals surface area contributed by atoms with Crippen LogP contribution in [0, 0.1) is 0 Å². The third-order valence-corrected chi connectivity index (χ3v) is 3.35. The highest BCUT2D eigenvalue weighted by atomic mass is 16.5. The molecular formula is C16H19NO3. The first kappa shape index (κ1) is 14.2. The van der Waals surface area contributed by atoms with Gasteiger partial charge in [-0.25, -0.2) is 0 Å². The van der Waals surface area contributed by atoms with Crippen molar-refractivity contribution >= 4 is 5.91 Å². The second-order valence-electron chi connectivity index (χ2n) is 5.09. The maximum absolute atomic E-state index is 12.4. The minimum absolute atomic E-state index is 0.0709. The molecule has 0 unspecified atom stereocenters. The van der Waals surface area contributed by atoms with Gasteiger partial charge in [-0.1, -0.05) is 18.2 Å². The second-order valence-corrected chi connectivity index (χ2v) is 5.09. The molecule has 4 heteroatoms. The molecule has 0 saturated carbocycles. The first-order valence-electron chi connectivity index (χ1n) is 6.50. The van der Waals surface area contributed by atoms with E-state index < -0.39 is 5.41 Å². The smallest absolute Gasteiger partial charge is 0.230 e. The van der Waals surface area contributed by atoms with E-state index in [0.717, 1.165) is 11.3 Å². The maximum atomic E-state index is 12.4. The predicted octanol–water partition coefficient (Wildman–Crippen LogP) is 2.88. The van der Waals surface area contributed by atoms with Gasteiger partial charge in [-0.3, -0.25) is 4.79 Å². The van der Waals surface area contributed by atoms with Crippen LogP contribution in [-0.4, -0.2) is 13.0 Å². The molecule has 1 heterocycles. The highest BCUT2D eigenvalue weighted by molar-refractivity contribution is 5.88. The quantitative estimate of drug-likeness (QED) is 0.911. The van der Waals surface area contributed by atoms with E-state index in [4.69, 9.17) is 9.15 Å². The van der Waals surface area contributed by atoms with Crippen LogP contribution < -0.4 is 10.1 Å². The van der Waals surface area contributed by atoms with E-state index in [-0.39, 0.29) is 5.91 Å². The van der Waals surface area contributed by atoms with Gasteiger partial charge >= 0.3 is 0 Å². The normalized spacial score (nSPS) is 11.2. The number of para-hydroxylation sites is 1. The van der Waals surface area contributed by atoms with E-state index in [1.807, 2.05) is 44.2 Å². The first-order valence-corrected chi connectivity index (χ1v) is 6.50. The van der Waals surface area contributed by atoms with Crippen LogP contribution in [0.4, 0.5) is 0 Å². The van der Waals surface area contributed by atoms with Crippen molar-refractivity contribution in [2.45, 2.75) is 25.8 Å². The Morgan fingerprint density at radius 3 is 2.65 bits per heavy atom. The summed E-state index contributed by atoms with van der Waals surface area (Å²) in [5, 5.41) is 2.89. The minimum Gasteiger partial charge on any atom is -0.496 e. The third kappa shape index (κ3) is 2.85. The molecule has 0 spiro atoms. The Balaban J connectivity index is 2.14. The Bertz CT molecular complexity index is 573. The summed E-state index contributed by atoms with van der Waals surface area (Å²) < 4.78 is 10.5. The molecule has 1 aromatic carbocycles. The molecule has 0 fully saturated rings. The molecule has 20 heavy (non-hydrogen) atoms. The molecule has 1 aromatic heterocycles. The van der Waals surface area contributed by atoms with Gasteiger partial charge in [0, 0.05) is 5.56 Å². The van der Waals surface area contributed by atoms with Gasteiger partial charge < -0.3 is 14.5 Å². The molecule has 0 aliphatic rings. The largest absolute Gasteiger partial charge is 0.496 e. The molecular weight excluding hydrogens is 254 g/mol. The van der Waals surface area contributed by atoms with Crippen molar-refractivity contribution in [1.82, 2.24) is 5.32 Å². The van der Waals surface area contributed by atoms with E-state index in [9.17, 15) is 4.79 Å². The van der Waals surface area contributed by atoms with Crippen LogP contribution in [0.25, 0.3) is 0 Å². The lowest BCUT2D eigenvalue weighted by Crippen LogP contribution is -2.39. The summed E-state index contributed by atoms with van der Waals surface area (Å²) in [4.78, 5) is 12.4. The molecule has 4 nitrogen and oxygen atoms in total. The number of amides is 1. The minimum atomic E-state index is -0.681. The fraction of sp³-hybridized carbons (Fsp3) is 0.312. The van der Waals surface area contributed by atoms with E-state index >= 15 is 0 Å². The lowest BCUT2D eigenvalue weighted by Gasteiger charge is -2.25. The van der Waals surface area contributed by atoms with Crippen molar-refractivity contribution in [1.29, 1.82) is 0 Å². The van der Waals surface area contributed by atoms with Gasteiger partial charge in [0.25, 0.3) is 0 Å². The number of nitrogens with one attached hydrogen (secondary N) is 1. The SMILES string of the molecule is COc1ccccc1C(C)(C)C(=O)NCc1ccco1. The number of methoxy groups -OCH3 is 1. The van der Waals surface area contributed by atoms with Gasteiger partial charge in [0.05, 0.1) is 25.3 Å². The number of ether oxygens (including phenoxy) is 1. The lowest BCUT2D eigenvalue weighted by atomic mass is 9.83. The summed E-state index contributed by atoms with van der Waals surface area (Å²) in [5.74, 6) is 1.37. The third-order valence-electron chi connectivity index (χ3n) is 3.35. The highest BCUT2D eigenvalue weighted by Gasteiger charge is 2.32. The van der Waals surface area contributed by atoms with Crippen molar-refractivity contribution in [2.24, 2.45) is 0 Å². The molecule has 2 rings (SSSR count). The summed E-state index contributed by atoms with van der Waals surface area (Å²) in [6, 6.07) is 11.2. The number of hydrogen-bond donors (Lipinski definition) is 1. The van der Waals surface area contributed by atoms with Gasteiger partial charge in [-0.15, -0.1) is 0 Å². The molecule has 0 bridgehead atoms. The van der Waals surface area contributed by atoms with E-state index in [2.05, 4.69) is 5.32 Å². The maximum Gasteiger partial charge on any atom is 0.230 e. The predicted molar refractivity (Wildman–Crippen MR) is 76.6 cm³/mol. The summed E-state index contributed by atoms with van der Waals surface area (Å²) in [5.41, 5.74) is 0.179. The number of carbonyl (C=O) groups excluding carboxylic acids is 1. The van der Waals surface area contributed by atoms with Crippen molar-refractivity contribution in [3.05, 3.63) is 54.0 Å². The fourth-order valence-electron chi connectivity index (χ4n) is 2.08. The Morgan fingerprint density at radius 2 is 2.00 bits per heavy atom. The van der Waals surface area contributed by atoms with E-state index in [1.54, 1.807) is 19.4 Å². The number of carbonyl (C=O) groups is 1. The van der Waals surface area contributed by atoms with Crippen molar-refractivity contribution < 1.29 is 13.9 Å². The number of rotatable bonds is 5. The summed E-state index contributed by atoms with van der Waals surface area (Å²) >= 11 is 0. The van der Waals surface area contributed by atoms with Crippen LogP contribution in [0.15, 0.2) is 47.1 Å². The van der Waals surface area contributed by atoms with Crippen LogP contribution in [0.3, 0.4) is 0 Å². The lowest BCUT2D eigenvalue weighted by molar-refractivity contribution is -0.125. The highest BCUT2D eigenvalue weighted by Crippen LogP contribution is 2.31. The number of hydrogen-bond acceptors (Lipinski definition) is 3. The molecule has 1 N–H and O–H groups in total. The van der Waals surface area contributed by atoms with Crippen molar-refractivity contribution in [2.75, 3.05) is 7.11 Å². The molecule has 0 saturated heterocycles. The van der Waals surface area contributed by atoms with E-state index in [0.29, 0.717) is 12.3 Å². The Hall–Kier alpha value is -2.23. The average molecular weight is 273 g/mol. The molecule has 0 aliphatic carbocycles.